The van der Waals surface area contributed by atoms with Crippen LogP contribution < -0.4 is 38.9 Å². The molecular weight excluding hydrogens is 520 g/mol. The van der Waals surface area contributed by atoms with Gasteiger partial charge in [-0.2, -0.15) is 0 Å². The van der Waals surface area contributed by atoms with E-state index in [0.29, 0.717) is 6.42 Å². The summed E-state index contributed by atoms with van der Waals surface area (Å²) in [4.78, 5) is 66.0. The number of guanidine groups is 1. The van der Waals surface area contributed by atoms with Gasteiger partial charge < -0.3 is 44.0 Å². The first-order valence-electron chi connectivity index (χ1n) is 13.1. The topological polar surface area (TPSA) is 258 Å². The molecule has 4 amide bonds. The third-order valence-corrected chi connectivity index (χ3v) is 6.35. The highest BCUT2D eigenvalue weighted by molar-refractivity contribution is 5.94. The largest absolute Gasteiger partial charge is 0.480 e. The molecule has 0 radical (unpaired) electrons. The molecule has 222 valence electrons. The van der Waals surface area contributed by atoms with Gasteiger partial charge in [0, 0.05) is 19.4 Å². The summed E-state index contributed by atoms with van der Waals surface area (Å²) >= 11 is 0. The molecule has 0 saturated heterocycles. The molecule has 1 aromatic rings. The van der Waals surface area contributed by atoms with Crippen LogP contribution in [0.2, 0.25) is 0 Å². The molecule has 1 rings (SSSR count). The first kappa shape index (κ1) is 33.8. The lowest BCUT2D eigenvalue weighted by atomic mass is 9.98. The molecule has 0 heterocycles. The van der Waals surface area contributed by atoms with Crippen molar-refractivity contribution >= 4 is 35.6 Å². The van der Waals surface area contributed by atoms with Gasteiger partial charge in [0.05, 0.1) is 6.04 Å². The molecule has 5 atom stereocenters. The first-order chi connectivity index (χ1) is 18.8. The smallest absolute Gasteiger partial charge is 0.326 e. The number of primary amides is 1. The van der Waals surface area contributed by atoms with E-state index in [0.717, 1.165) is 5.56 Å². The highest BCUT2D eigenvalue weighted by atomic mass is 16.4. The van der Waals surface area contributed by atoms with Crippen molar-refractivity contribution in [3.05, 3.63) is 35.9 Å². The van der Waals surface area contributed by atoms with Gasteiger partial charge in [-0.1, -0.05) is 50.6 Å². The maximum Gasteiger partial charge on any atom is 0.326 e. The number of carbonyl (C=O) groups is 5. The summed E-state index contributed by atoms with van der Waals surface area (Å²) in [6, 6.07) is 4.42. The Kier molecular flexibility index (Phi) is 14.7. The molecule has 0 bridgehead atoms. The van der Waals surface area contributed by atoms with Crippen LogP contribution in [-0.4, -0.2) is 71.4 Å². The Morgan fingerprint density at radius 1 is 0.875 bits per heavy atom. The SMILES string of the molecule is CCC(C)C(N)C(=O)NC(Cc1ccccc1)C(=O)NC(CCCN=C(N)N)C(=O)NC(CCC(N)=O)C(=O)O. The van der Waals surface area contributed by atoms with Crippen LogP contribution in [0.1, 0.15) is 51.5 Å². The van der Waals surface area contributed by atoms with E-state index in [1.807, 2.05) is 19.9 Å². The van der Waals surface area contributed by atoms with Crippen molar-refractivity contribution in [3.8, 4) is 0 Å². The monoisotopic (exact) mass is 562 g/mol. The van der Waals surface area contributed by atoms with Crippen molar-refractivity contribution < 1.29 is 29.1 Å². The minimum Gasteiger partial charge on any atom is -0.480 e. The number of benzene rings is 1. The number of rotatable bonds is 18. The quantitative estimate of drug-likeness (QED) is 0.0585. The Hall–Kier alpha value is -4.20. The minimum atomic E-state index is -1.41. The van der Waals surface area contributed by atoms with Crippen LogP contribution in [0.15, 0.2) is 35.3 Å². The lowest BCUT2D eigenvalue weighted by molar-refractivity contribution is -0.142. The molecule has 14 nitrogen and oxygen atoms in total. The Labute approximate surface area is 233 Å². The number of hydrogen-bond donors (Lipinski definition) is 8. The van der Waals surface area contributed by atoms with E-state index in [-0.39, 0.29) is 50.5 Å². The van der Waals surface area contributed by atoms with Gasteiger partial charge in [0.2, 0.25) is 23.6 Å². The lowest BCUT2D eigenvalue weighted by Gasteiger charge is -2.26. The van der Waals surface area contributed by atoms with E-state index in [1.165, 1.54) is 0 Å². The normalized spacial score (nSPS) is 14.5. The molecule has 0 aliphatic rings. The lowest BCUT2D eigenvalue weighted by Crippen LogP contribution is -2.58. The standard InChI is InChI=1S/C26H42N8O6/c1-3-15(2)21(28)24(38)34-19(14-16-8-5-4-6-9-16)23(37)32-17(10-7-13-31-26(29)30)22(36)33-18(25(39)40)11-12-20(27)35/h4-6,8-9,15,17-19,21H,3,7,10-14,28H2,1-2H3,(H2,27,35)(H,32,37)(H,33,36)(H,34,38)(H,39,40)(H4,29,30,31). The number of carbonyl (C=O) groups excluding carboxylic acids is 4. The fraction of sp³-hybridized carbons (Fsp3) is 0.538. The zero-order valence-electron chi connectivity index (χ0n) is 23.0. The van der Waals surface area contributed by atoms with Gasteiger partial charge in [0.25, 0.3) is 0 Å². The molecule has 0 aliphatic heterocycles. The van der Waals surface area contributed by atoms with Crippen LogP contribution in [-0.2, 0) is 30.4 Å². The van der Waals surface area contributed by atoms with E-state index in [1.54, 1.807) is 24.3 Å². The van der Waals surface area contributed by atoms with Gasteiger partial charge in [0.15, 0.2) is 5.96 Å². The van der Waals surface area contributed by atoms with Crippen LogP contribution in [0.5, 0.6) is 0 Å². The average Bonchev–Trinajstić information content (AvgIpc) is 2.91. The van der Waals surface area contributed by atoms with Gasteiger partial charge in [-0.15, -0.1) is 0 Å². The molecular formula is C26H42N8O6. The number of aliphatic carboxylic acids is 1. The van der Waals surface area contributed by atoms with Crippen LogP contribution in [0.25, 0.3) is 0 Å². The average molecular weight is 563 g/mol. The highest BCUT2D eigenvalue weighted by Gasteiger charge is 2.31. The molecule has 5 unspecified atom stereocenters. The van der Waals surface area contributed by atoms with E-state index in [2.05, 4.69) is 20.9 Å². The molecule has 1 aromatic carbocycles. The van der Waals surface area contributed by atoms with Gasteiger partial charge >= 0.3 is 5.97 Å². The molecule has 0 fully saturated rings. The van der Waals surface area contributed by atoms with E-state index in [9.17, 15) is 29.1 Å². The maximum atomic E-state index is 13.4. The molecule has 0 aromatic heterocycles. The number of nitrogens with two attached hydrogens (primary N) is 4. The van der Waals surface area contributed by atoms with Gasteiger partial charge in [-0.3, -0.25) is 24.2 Å². The van der Waals surface area contributed by atoms with Gasteiger partial charge in [-0.25, -0.2) is 4.79 Å². The predicted molar refractivity (Wildman–Crippen MR) is 149 cm³/mol. The molecule has 40 heavy (non-hydrogen) atoms. The van der Waals surface area contributed by atoms with Crippen molar-refractivity contribution in [2.24, 2.45) is 33.8 Å². The predicted octanol–water partition coefficient (Wildman–Crippen LogP) is -1.54. The summed E-state index contributed by atoms with van der Waals surface area (Å²) in [5.74, 6) is -4.35. The van der Waals surface area contributed by atoms with Crippen LogP contribution in [0.4, 0.5) is 0 Å². The summed E-state index contributed by atoms with van der Waals surface area (Å²) < 4.78 is 0. The fourth-order valence-electron chi connectivity index (χ4n) is 3.70. The maximum absolute atomic E-state index is 13.4. The number of carboxylic acids is 1. The number of aliphatic imine (C=N–C) groups is 1. The number of amides is 4. The van der Waals surface area contributed by atoms with E-state index < -0.39 is 53.8 Å². The van der Waals surface area contributed by atoms with Crippen molar-refractivity contribution in [1.82, 2.24) is 16.0 Å². The second-order valence-corrected chi connectivity index (χ2v) is 9.58. The van der Waals surface area contributed by atoms with Gasteiger partial charge in [0.1, 0.15) is 18.1 Å². The van der Waals surface area contributed by atoms with Crippen LogP contribution >= 0.6 is 0 Å². The zero-order chi connectivity index (χ0) is 30.2. The number of nitrogens with one attached hydrogen (secondary N) is 3. The Balaban J connectivity index is 3.17. The highest BCUT2D eigenvalue weighted by Crippen LogP contribution is 2.09. The van der Waals surface area contributed by atoms with Crippen LogP contribution in [0.3, 0.4) is 0 Å². The first-order valence-corrected chi connectivity index (χ1v) is 13.1. The second kappa shape index (κ2) is 17.4. The van der Waals surface area contributed by atoms with Crippen molar-refractivity contribution in [1.29, 1.82) is 0 Å². The summed E-state index contributed by atoms with van der Waals surface area (Å²) in [6.45, 7) is 3.87. The summed E-state index contributed by atoms with van der Waals surface area (Å²) in [5, 5.41) is 17.1. The molecule has 0 saturated carbocycles. The Bertz CT molecular complexity index is 1030. The van der Waals surface area contributed by atoms with E-state index in [4.69, 9.17) is 22.9 Å². The zero-order valence-corrected chi connectivity index (χ0v) is 23.0. The number of nitrogens with zero attached hydrogens (tertiary/aromatic N) is 1. The third-order valence-electron chi connectivity index (χ3n) is 6.35. The summed E-state index contributed by atoms with van der Waals surface area (Å²) in [6.07, 6.45) is 0.595. The molecule has 12 N–H and O–H groups in total. The fourth-order valence-corrected chi connectivity index (χ4v) is 3.70. The van der Waals surface area contributed by atoms with Crippen molar-refractivity contribution in [3.63, 3.8) is 0 Å². The second-order valence-electron chi connectivity index (χ2n) is 9.58. The van der Waals surface area contributed by atoms with Crippen molar-refractivity contribution in [2.75, 3.05) is 6.54 Å². The van der Waals surface area contributed by atoms with Crippen molar-refractivity contribution in [2.45, 2.75) is 76.5 Å². The Morgan fingerprint density at radius 3 is 2.00 bits per heavy atom. The summed E-state index contributed by atoms with van der Waals surface area (Å²) in [5.41, 5.74) is 22.6. The number of carboxylic acid groups (broad SMARTS) is 1. The molecule has 0 spiro atoms. The van der Waals surface area contributed by atoms with Crippen LogP contribution in [0, 0.1) is 5.92 Å². The van der Waals surface area contributed by atoms with E-state index >= 15 is 0 Å². The minimum absolute atomic E-state index is 0.0505. The summed E-state index contributed by atoms with van der Waals surface area (Å²) in [7, 11) is 0. The molecule has 0 aliphatic carbocycles. The number of hydrogen-bond acceptors (Lipinski definition) is 7. The third kappa shape index (κ3) is 12.6. The Morgan fingerprint density at radius 2 is 1.45 bits per heavy atom. The van der Waals surface area contributed by atoms with Gasteiger partial charge in [-0.05, 0) is 30.7 Å². The molecule has 14 heteroatoms.